The molecule has 20 heavy (non-hydrogen) atoms. The molecule has 0 aliphatic heterocycles. The Balaban J connectivity index is 2.27. The van der Waals surface area contributed by atoms with Gasteiger partial charge in [0, 0.05) is 5.02 Å². The summed E-state index contributed by atoms with van der Waals surface area (Å²) in [5.74, 6) is 0.328. The quantitative estimate of drug-likeness (QED) is 0.763. The fourth-order valence-corrected chi connectivity index (χ4v) is 2.47. The van der Waals surface area contributed by atoms with Gasteiger partial charge in [0.2, 0.25) is 5.24 Å². The van der Waals surface area contributed by atoms with Crippen LogP contribution in [0.5, 0.6) is 5.75 Å². The normalized spacial score (nSPS) is 11.9. The third kappa shape index (κ3) is 3.53. The standard InChI is InChI=1S/C16H14Cl2O2/c1-20-13-8-6-11(7-9-13)14(16(18)19)10-12-4-2-3-5-15(12)17/h2-9,14H,10H2,1H3. The fraction of sp³-hybridized carbons (Fsp3) is 0.188. The molecule has 2 aromatic rings. The Morgan fingerprint density at radius 3 is 2.35 bits per heavy atom. The molecule has 0 saturated heterocycles. The van der Waals surface area contributed by atoms with Crippen LogP contribution < -0.4 is 4.74 Å². The van der Waals surface area contributed by atoms with Crippen LogP contribution in [0.2, 0.25) is 5.02 Å². The summed E-state index contributed by atoms with van der Waals surface area (Å²) in [6.07, 6.45) is 0.480. The summed E-state index contributed by atoms with van der Waals surface area (Å²) >= 11 is 11.9. The molecule has 1 unspecified atom stereocenters. The summed E-state index contributed by atoms with van der Waals surface area (Å²) in [5, 5.41) is 0.249. The van der Waals surface area contributed by atoms with Crippen molar-refractivity contribution in [1.82, 2.24) is 0 Å². The van der Waals surface area contributed by atoms with Gasteiger partial charge >= 0.3 is 0 Å². The van der Waals surface area contributed by atoms with Crippen molar-refractivity contribution in [2.75, 3.05) is 7.11 Å². The van der Waals surface area contributed by atoms with Crippen molar-refractivity contribution >= 4 is 28.4 Å². The molecule has 2 nitrogen and oxygen atoms in total. The third-order valence-corrected chi connectivity index (χ3v) is 3.81. The number of hydrogen-bond donors (Lipinski definition) is 0. The molecular formula is C16H14Cl2O2. The molecule has 4 heteroatoms. The molecule has 0 spiro atoms. The van der Waals surface area contributed by atoms with Crippen LogP contribution in [0.4, 0.5) is 0 Å². The summed E-state index contributed by atoms with van der Waals surface area (Å²) in [6, 6.07) is 14.8. The first-order chi connectivity index (χ1) is 9.61. The zero-order valence-corrected chi connectivity index (χ0v) is 12.5. The van der Waals surface area contributed by atoms with E-state index in [1.54, 1.807) is 13.2 Å². The molecule has 0 aliphatic carbocycles. The van der Waals surface area contributed by atoms with Gasteiger partial charge in [0.1, 0.15) is 5.75 Å². The van der Waals surface area contributed by atoms with Crippen LogP contribution in [-0.2, 0) is 11.2 Å². The number of hydrogen-bond acceptors (Lipinski definition) is 2. The molecule has 0 bridgehead atoms. The molecule has 0 radical (unpaired) electrons. The van der Waals surface area contributed by atoms with Gasteiger partial charge in [-0.05, 0) is 47.3 Å². The van der Waals surface area contributed by atoms with Gasteiger partial charge in [0.25, 0.3) is 0 Å². The highest BCUT2D eigenvalue weighted by Gasteiger charge is 2.20. The molecule has 2 rings (SSSR count). The van der Waals surface area contributed by atoms with Crippen LogP contribution in [0.15, 0.2) is 48.5 Å². The van der Waals surface area contributed by atoms with Crippen molar-refractivity contribution < 1.29 is 9.53 Å². The molecule has 1 atom stereocenters. The summed E-state index contributed by atoms with van der Waals surface area (Å²) in [7, 11) is 1.60. The monoisotopic (exact) mass is 308 g/mol. The molecule has 0 amide bonds. The highest BCUT2D eigenvalue weighted by Crippen LogP contribution is 2.28. The Morgan fingerprint density at radius 2 is 1.80 bits per heavy atom. The fourth-order valence-electron chi connectivity index (χ4n) is 2.05. The van der Waals surface area contributed by atoms with Gasteiger partial charge in [-0.25, -0.2) is 0 Å². The van der Waals surface area contributed by atoms with E-state index in [0.29, 0.717) is 11.4 Å². The van der Waals surface area contributed by atoms with Gasteiger partial charge in [-0.2, -0.15) is 0 Å². The molecule has 0 heterocycles. The maximum Gasteiger partial charge on any atom is 0.229 e. The van der Waals surface area contributed by atoms with Crippen molar-refractivity contribution in [3.05, 3.63) is 64.7 Å². The summed E-state index contributed by atoms with van der Waals surface area (Å²) < 4.78 is 5.11. The summed E-state index contributed by atoms with van der Waals surface area (Å²) in [4.78, 5) is 11.7. The average molecular weight is 309 g/mol. The Bertz CT molecular complexity index is 594. The van der Waals surface area contributed by atoms with Crippen LogP contribution in [-0.4, -0.2) is 12.4 Å². The van der Waals surface area contributed by atoms with Crippen LogP contribution in [0.3, 0.4) is 0 Å². The molecule has 0 fully saturated rings. The number of ether oxygens (including phenoxy) is 1. The lowest BCUT2D eigenvalue weighted by Gasteiger charge is -2.14. The zero-order chi connectivity index (χ0) is 14.5. The van der Waals surface area contributed by atoms with Gasteiger partial charge < -0.3 is 4.74 Å². The topological polar surface area (TPSA) is 26.3 Å². The van der Waals surface area contributed by atoms with Crippen molar-refractivity contribution in [3.8, 4) is 5.75 Å². The highest BCUT2D eigenvalue weighted by atomic mass is 35.5. The van der Waals surface area contributed by atoms with Gasteiger partial charge in [-0.15, -0.1) is 0 Å². The van der Waals surface area contributed by atoms with E-state index in [1.165, 1.54) is 0 Å². The molecule has 0 N–H and O–H groups in total. The molecule has 0 aliphatic rings. The molecular weight excluding hydrogens is 295 g/mol. The van der Waals surface area contributed by atoms with Crippen molar-refractivity contribution in [2.45, 2.75) is 12.3 Å². The third-order valence-electron chi connectivity index (χ3n) is 3.17. The van der Waals surface area contributed by atoms with Gasteiger partial charge in [-0.1, -0.05) is 41.9 Å². The predicted molar refractivity (Wildman–Crippen MR) is 81.8 cm³/mol. The first-order valence-corrected chi connectivity index (χ1v) is 6.94. The number of carbonyl (C=O) groups excluding carboxylic acids is 1. The average Bonchev–Trinajstić information content (AvgIpc) is 2.46. The van der Waals surface area contributed by atoms with E-state index in [0.717, 1.165) is 16.9 Å². The van der Waals surface area contributed by atoms with Crippen molar-refractivity contribution in [3.63, 3.8) is 0 Å². The van der Waals surface area contributed by atoms with Crippen molar-refractivity contribution in [2.24, 2.45) is 0 Å². The Hall–Kier alpha value is -1.51. The lowest BCUT2D eigenvalue weighted by Crippen LogP contribution is -2.10. The minimum atomic E-state index is -0.414. The van der Waals surface area contributed by atoms with E-state index in [2.05, 4.69) is 0 Å². The van der Waals surface area contributed by atoms with Crippen LogP contribution >= 0.6 is 23.2 Å². The lowest BCUT2D eigenvalue weighted by atomic mass is 9.93. The van der Waals surface area contributed by atoms with E-state index < -0.39 is 11.2 Å². The van der Waals surface area contributed by atoms with E-state index in [-0.39, 0.29) is 0 Å². The van der Waals surface area contributed by atoms with Gasteiger partial charge in [0.15, 0.2) is 0 Å². The Labute approximate surface area is 128 Å². The first kappa shape index (κ1) is 14.9. The molecule has 0 saturated carbocycles. The SMILES string of the molecule is COc1ccc(C(Cc2ccccc2Cl)C(=O)Cl)cc1. The maximum atomic E-state index is 11.7. The summed E-state index contributed by atoms with van der Waals surface area (Å²) in [6.45, 7) is 0. The largest absolute Gasteiger partial charge is 0.497 e. The van der Waals surface area contributed by atoms with Crippen LogP contribution in [0.1, 0.15) is 17.0 Å². The lowest BCUT2D eigenvalue weighted by molar-refractivity contribution is -0.113. The predicted octanol–water partition coefficient (Wildman–Crippen LogP) is 4.44. The number of benzene rings is 2. The van der Waals surface area contributed by atoms with Crippen LogP contribution in [0.25, 0.3) is 0 Å². The van der Waals surface area contributed by atoms with E-state index >= 15 is 0 Å². The molecule has 104 valence electrons. The van der Waals surface area contributed by atoms with Crippen LogP contribution in [0, 0.1) is 0 Å². The van der Waals surface area contributed by atoms with Crippen molar-refractivity contribution in [1.29, 1.82) is 0 Å². The molecule has 2 aromatic carbocycles. The maximum absolute atomic E-state index is 11.7. The van der Waals surface area contributed by atoms with E-state index in [1.807, 2.05) is 42.5 Å². The van der Waals surface area contributed by atoms with Gasteiger partial charge in [-0.3, -0.25) is 4.79 Å². The molecule has 0 aromatic heterocycles. The Kier molecular flexibility index (Phi) is 5.05. The number of rotatable bonds is 5. The smallest absolute Gasteiger partial charge is 0.229 e. The van der Waals surface area contributed by atoms with Gasteiger partial charge in [0.05, 0.1) is 13.0 Å². The number of carbonyl (C=O) groups is 1. The first-order valence-electron chi connectivity index (χ1n) is 6.18. The minimum absolute atomic E-state index is 0.393. The Morgan fingerprint density at radius 1 is 1.15 bits per heavy atom. The minimum Gasteiger partial charge on any atom is -0.497 e. The zero-order valence-electron chi connectivity index (χ0n) is 11.0. The highest BCUT2D eigenvalue weighted by molar-refractivity contribution is 6.64. The second-order valence-electron chi connectivity index (χ2n) is 4.43. The summed E-state index contributed by atoms with van der Waals surface area (Å²) in [5.41, 5.74) is 1.76. The van der Waals surface area contributed by atoms with E-state index in [9.17, 15) is 4.79 Å². The number of halogens is 2. The second-order valence-corrected chi connectivity index (χ2v) is 5.21. The van der Waals surface area contributed by atoms with E-state index in [4.69, 9.17) is 27.9 Å². The number of methoxy groups -OCH3 is 1. The second kappa shape index (κ2) is 6.78.